The van der Waals surface area contributed by atoms with Crippen molar-refractivity contribution in [3.05, 3.63) is 59.7 Å². The monoisotopic (exact) mass is 555 g/mol. The van der Waals surface area contributed by atoms with Gasteiger partial charge >= 0.3 is 0 Å². The second kappa shape index (κ2) is 19.0. The number of hydrogen-bond acceptors (Lipinski definition) is 4. The zero-order valence-corrected chi connectivity index (χ0v) is 25.6. The maximum Gasteiger partial charge on any atom is 0.204 e. The van der Waals surface area contributed by atoms with E-state index in [1.54, 1.807) is 24.3 Å². The summed E-state index contributed by atoms with van der Waals surface area (Å²) in [5.41, 5.74) is 1.97. The first-order valence-electron chi connectivity index (χ1n) is 15.5. The van der Waals surface area contributed by atoms with E-state index in [1.165, 1.54) is 69.9 Å². The van der Waals surface area contributed by atoms with E-state index < -0.39 is 15.3 Å². The standard InChI is InChI=1S/C34H53NO3S/c1-4-7-10-11-12-13-14-15-16-17-34(36)39(37,38)33-26-22-31(23-27-33)19-18-30-20-24-32(25-21-30)35(28-8-5-2)29-9-6-3/h18-27,34,36H,4-17,28-29H2,1-3H3. The van der Waals surface area contributed by atoms with Gasteiger partial charge in [-0.2, -0.15) is 0 Å². The summed E-state index contributed by atoms with van der Waals surface area (Å²) in [6.07, 6.45) is 19.6. The van der Waals surface area contributed by atoms with Crippen LogP contribution in [-0.2, 0) is 9.84 Å². The molecule has 2 aromatic rings. The quantitative estimate of drug-likeness (QED) is 0.123. The highest BCUT2D eigenvalue weighted by atomic mass is 32.2. The Kier molecular flexibility index (Phi) is 16.2. The number of anilines is 1. The maximum atomic E-state index is 12.8. The van der Waals surface area contributed by atoms with Crippen molar-refractivity contribution in [3.63, 3.8) is 0 Å². The first kappa shape index (κ1) is 33.1. The van der Waals surface area contributed by atoms with E-state index in [0.717, 1.165) is 43.5 Å². The second-order valence-electron chi connectivity index (χ2n) is 10.8. The Labute approximate surface area is 239 Å². The molecule has 0 spiro atoms. The Balaban J connectivity index is 1.85. The Morgan fingerprint density at radius 2 is 1.08 bits per heavy atom. The summed E-state index contributed by atoms with van der Waals surface area (Å²) >= 11 is 0. The molecule has 0 fully saturated rings. The van der Waals surface area contributed by atoms with Crippen LogP contribution in [-0.4, -0.2) is 32.0 Å². The molecule has 2 rings (SSSR count). The van der Waals surface area contributed by atoms with Crippen molar-refractivity contribution in [2.75, 3.05) is 18.0 Å². The number of benzene rings is 2. The molecule has 1 unspecified atom stereocenters. The predicted octanol–water partition coefficient (Wildman–Crippen LogP) is 9.28. The molecule has 5 heteroatoms. The van der Waals surface area contributed by atoms with Gasteiger partial charge in [0.15, 0.2) is 5.44 Å². The first-order chi connectivity index (χ1) is 18.9. The molecule has 0 aromatic heterocycles. The Morgan fingerprint density at radius 3 is 1.56 bits per heavy atom. The number of aliphatic hydroxyl groups excluding tert-OH is 1. The van der Waals surface area contributed by atoms with Gasteiger partial charge in [0.05, 0.1) is 4.90 Å². The smallest absolute Gasteiger partial charge is 0.204 e. The van der Waals surface area contributed by atoms with Gasteiger partial charge < -0.3 is 10.0 Å². The number of aliphatic hydroxyl groups is 1. The number of rotatable bonds is 21. The lowest BCUT2D eigenvalue weighted by Gasteiger charge is -2.24. The van der Waals surface area contributed by atoms with Crippen LogP contribution in [0.25, 0.3) is 12.2 Å². The molecule has 2 aromatic carbocycles. The molecular formula is C34H53NO3S. The number of hydrogen-bond donors (Lipinski definition) is 1. The third-order valence-electron chi connectivity index (χ3n) is 7.41. The lowest BCUT2D eigenvalue weighted by Crippen LogP contribution is -2.25. The molecule has 0 saturated heterocycles. The molecule has 1 atom stereocenters. The predicted molar refractivity (Wildman–Crippen MR) is 169 cm³/mol. The largest absolute Gasteiger partial charge is 0.377 e. The molecule has 0 aliphatic rings. The van der Waals surface area contributed by atoms with Crippen molar-refractivity contribution < 1.29 is 13.5 Å². The molecule has 0 bridgehead atoms. The molecule has 4 nitrogen and oxygen atoms in total. The van der Waals surface area contributed by atoms with Crippen LogP contribution in [0.4, 0.5) is 5.69 Å². The van der Waals surface area contributed by atoms with Crippen molar-refractivity contribution in [3.8, 4) is 0 Å². The Hall–Kier alpha value is -2.11. The molecule has 1 N–H and O–H groups in total. The average Bonchev–Trinajstić information content (AvgIpc) is 2.95. The zero-order valence-electron chi connectivity index (χ0n) is 24.8. The van der Waals surface area contributed by atoms with Crippen molar-refractivity contribution in [2.45, 2.75) is 121 Å². The van der Waals surface area contributed by atoms with Gasteiger partial charge in [0.2, 0.25) is 9.84 Å². The van der Waals surface area contributed by atoms with Crippen LogP contribution in [0.3, 0.4) is 0 Å². The summed E-state index contributed by atoms with van der Waals surface area (Å²) < 4.78 is 25.7. The van der Waals surface area contributed by atoms with E-state index in [1.807, 2.05) is 12.2 Å². The molecule has 0 radical (unpaired) electrons. The molecule has 39 heavy (non-hydrogen) atoms. The minimum Gasteiger partial charge on any atom is -0.377 e. The van der Waals surface area contributed by atoms with E-state index in [9.17, 15) is 13.5 Å². The van der Waals surface area contributed by atoms with Crippen LogP contribution in [0.15, 0.2) is 53.4 Å². The van der Waals surface area contributed by atoms with Crippen LogP contribution in [0.1, 0.15) is 122 Å². The van der Waals surface area contributed by atoms with Crippen LogP contribution in [0, 0.1) is 0 Å². The van der Waals surface area contributed by atoms with E-state index in [4.69, 9.17) is 0 Å². The lowest BCUT2D eigenvalue weighted by atomic mass is 10.1. The van der Waals surface area contributed by atoms with E-state index in [-0.39, 0.29) is 4.90 Å². The van der Waals surface area contributed by atoms with Crippen LogP contribution in [0.5, 0.6) is 0 Å². The van der Waals surface area contributed by atoms with Crippen LogP contribution < -0.4 is 4.90 Å². The summed E-state index contributed by atoms with van der Waals surface area (Å²) in [5, 5.41) is 10.4. The van der Waals surface area contributed by atoms with Crippen LogP contribution in [0.2, 0.25) is 0 Å². The molecule has 0 amide bonds. The molecular weight excluding hydrogens is 502 g/mol. The van der Waals surface area contributed by atoms with Gasteiger partial charge in [0, 0.05) is 18.8 Å². The summed E-state index contributed by atoms with van der Waals surface area (Å²) in [6, 6.07) is 15.5. The molecule has 0 saturated carbocycles. The Bertz CT molecular complexity index is 1020. The van der Waals surface area contributed by atoms with Gasteiger partial charge in [-0.3, -0.25) is 0 Å². The van der Waals surface area contributed by atoms with Gasteiger partial charge in [-0.15, -0.1) is 0 Å². The summed E-state index contributed by atoms with van der Waals surface area (Å²) in [5.74, 6) is 0. The first-order valence-corrected chi connectivity index (χ1v) is 17.0. The summed E-state index contributed by atoms with van der Waals surface area (Å²) in [6.45, 7) is 8.87. The molecule has 0 heterocycles. The van der Waals surface area contributed by atoms with E-state index in [2.05, 4.69) is 49.9 Å². The molecule has 218 valence electrons. The van der Waals surface area contributed by atoms with Crippen molar-refractivity contribution in [1.29, 1.82) is 0 Å². The van der Waals surface area contributed by atoms with Crippen LogP contribution >= 0.6 is 0 Å². The third-order valence-corrected chi connectivity index (χ3v) is 9.29. The highest BCUT2D eigenvalue weighted by molar-refractivity contribution is 7.91. The third kappa shape index (κ3) is 12.3. The maximum absolute atomic E-state index is 12.8. The van der Waals surface area contributed by atoms with Gasteiger partial charge in [-0.1, -0.05) is 121 Å². The Morgan fingerprint density at radius 1 is 0.641 bits per heavy atom. The fourth-order valence-corrected chi connectivity index (χ4v) is 6.07. The topological polar surface area (TPSA) is 57.6 Å². The van der Waals surface area contributed by atoms with E-state index >= 15 is 0 Å². The minimum atomic E-state index is -3.73. The van der Waals surface area contributed by atoms with Gasteiger partial charge in [0.1, 0.15) is 0 Å². The van der Waals surface area contributed by atoms with Crippen molar-refractivity contribution >= 4 is 27.7 Å². The normalized spacial score (nSPS) is 12.7. The highest BCUT2D eigenvalue weighted by Gasteiger charge is 2.24. The lowest BCUT2D eigenvalue weighted by molar-refractivity contribution is 0.233. The molecule has 0 aliphatic heterocycles. The fraction of sp³-hybridized carbons (Fsp3) is 0.588. The zero-order chi connectivity index (χ0) is 28.3. The number of unbranched alkanes of at least 4 members (excludes halogenated alkanes) is 10. The number of sulfone groups is 1. The second-order valence-corrected chi connectivity index (χ2v) is 12.9. The fourth-order valence-electron chi connectivity index (χ4n) is 4.77. The van der Waals surface area contributed by atoms with E-state index in [0.29, 0.717) is 6.42 Å². The average molecular weight is 556 g/mol. The SMILES string of the molecule is CCCCCCCCCCCC(O)S(=O)(=O)c1ccc(C=Cc2ccc(N(CCCC)CCCC)cc2)cc1. The summed E-state index contributed by atoms with van der Waals surface area (Å²) in [4.78, 5) is 2.66. The van der Waals surface area contributed by atoms with Gasteiger partial charge in [0.25, 0.3) is 0 Å². The molecule has 0 aliphatic carbocycles. The van der Waals surface area contributed by atoms with Crippen molar-refractivity contribution in [2.24, 2.45) is 0 Å². The number of nitrogens with zero attached hydrogens (tertiary/aromatic N) is 1. The van der Waals surface area contributed by atoms with Crippen molar-refractivity contribution in [1.82, 2.24) is 0 Å². The highest BCUT2D eigenvalue weighted by Crippen LogP contribution is 2.22. The minimum absolute atomic E-state index is 0.187. The van der Waals surface area contributed by atoms with Gasteiger partial charge in [-0.05, 0) is 61.1 Å². The summed E-state index contributed by atoms with van der Waals surface area (Å²) in [7, 11) is -3.73. The van der Waals surface area contributed by atoms with Gasteiger partial charge in [-0.25, -0.2) is 8.42 Å².